The van der Waals surface area contributed by atoms with Crippen LogP contribution in [0.4, 0.5) is 14.7 Å². The molecule has 2 N–H and O–H groups in total. The number of hydrogen-bond donors (Lipinski definition) is 2. The van der Waals surface area contributed by atoms with E-state index < -0.39 is 23.8 Å². The lowest BCUT2D eigenvalue weighted by molar-refractivity contribution is 0.151. The van der Waals surface area contributed by atoms with Crippen LogP contribution < -0.4 is 5.32 Å². The van der Waals surface area contributed by atoms with Crippen molar-refractivity contribution in [2.75, 3.05) is 5.32 Å². The van der Waals surface area contributed by atoms with Gasteiger partial charge in [0.15, 0.2) is 0 Å². The molecule has 1 heterocycles. The minimum absolute atomic E-state index is 0.206. The Labute approximate surface area is 119 Å². The van der Waals surface area contributed by atoms with Gasteiger partial charge in [-0.1, -0.05) is 17.7 Å². The van der Waals surface area contributed by atoms with Crippen LogP contribution in [-0.4, -0.2) is 21.1 Å². The fraction of sp³-hybridized carbons (Fsp3) is 0.231. The highest BCUT2D eigenvalue weighted by Crippen LogP contribution is 2.24. The summed E-state index contributed by atoms with van der Waals surface area (Å²) in [6.45, 7) is 1.56. The molecule has 7 heteroatoms. The van der Waals surface area contributed by atoms with Crippen molar-refractivity contribution in [3.63, 3.8) is 0 Å². The van der Waals surface area contributed by atoms with E-state index in [9.17, 15) is 13.9 Å². The summed E-state index contributed by atoms with van der Waals surface area (Å²) in [6, 6.07) is 2.73. The summed E-state index contributed by atoms with van der Waals surface area (Å²) in [4.78, 5) is 7.77. The molecule has 20 heavy (non-hydrogen) atoms. The first-order valence-electron chi connectivity index (χ1n) is 5.85. The van der Waals surface area contributed by atoms with Gasteiger partial charge in [-0.3, -0.25) is 0 Å². The van der Waals surface area contributed by atoms with Crippen LogP contribution in [-0.2, 0) is 0 Å². The van der Waals surface area contributed by atoms with Crippen LogP contribution in [0.1, 0.15) is 18.6 Å². The summed E-state index contributed by atoms with van der Waals surface area (Å²) in [5, 5.41) is 13.2. The lowest BCUT2D eigenvalue weighted by Gasteiger charge is -2.21. The predicted octanol–water partition coefficient (Wildman–Crippen LogP) is 2.94. The molecule has 0 amide bonds. The fourth-order valence-electron chi connectivity index (χ4n) is 1.71. The summed E-state index contributed by atoms with van der Waals surface area (Å²) in [7, 11) is 0. The first-order valence-corrected chi connectivity index (χ1v) is 6.23. The lowest BCUT2D eigenvalue weighted by atomic mass is 10.0. The topological polar surface area (TPSA) is 58.0 Å². The summed E-state index contributed by atoms with van der Waals surface area (Å²) < 4.78 is 27.2. The molecular formula is C13H12ClF2N3O. The van der Waals surface area contributed by atoms with E-state index in [1.54, 1.807) is 6.92 Å². The molecule has 0 radical (unpaired) electrons. The van der Waals surface area contributed by atoms with Gasteiger partial charge in [0.05, 0.1) is 29.0 Å². The monoisotopic (exact) mass is 299 g/mol. The minimum atomic E-state index is -1.38. The number of anilines is 1. The van der Waals surface area contributed by atoms with E-state index in [0.29, 0.717) is 5.02 Å². The Hall–Kier alpha value is -1.79. The van der Waals surface area contributed by atoms with Gasteiger partial charge in [-0.2, -0.15) is 0 Å². The number of aliphatic hydroxyl groups excluding tert-OH is 1. The smallest absolute Gasteiger partial charge is 0.222 e. The van der Waals surface area contributed by atoms with Gasteiger partial charge < -0.3 is 10.4 Å². The van der Waals surface area contributed by atoms with Gasteiger partial charge in [0.2, 0.25) is 5.95 Å². The molecule has 0 saturated heterocycles. The quantitative estimate of drug-likeness (QED) is 0.911. The highest BCUT2D eigenvalue weighted by atomic mass is 35.5. The van der Waals surface area contributed by atoms with Gasteiger partial charge in [0.25, 0.3) is 0 Å². The molecule has 2 aromatic rings. The van der Waals surface area contributed by atoms with Crippen molar-refractivity contribution in [2.24, 2.45) is 0 Å². The van der Waals surface area contributed by atoms with Crippen LogP contribution >= 0.6 is 11.6 Å². The van der Waals surface area contributed by atoms with Crippen molar-refractivity contribution in [1.82, 2.24) is 9.97 Å². The van der Waals surface area contributed by atoms with Crippen LogP contribution in [0, 0.1) is 11.6 Å². The van der Waals surface area contributed by atoms with Crippen molar-refractivity contribution in [3.8, 4) is 0 Å². The molecule has 0 aliphatic carbocycles. The van der Waals surface area contributed by atoms with Crippen molar-refractivity contribution in [3.05, 3.63) is 52.8 Å². The van der Waals surface area contributed by atoms with Crippen LogP contribution in [0.3, 0.4) is 0 Å². The van der Waals surface area contributed by atoms with Crippen molar-refractivity contribution in [2.45, 2.75) is 19.1 Å². The Bertz CT molecular complexity index is 574. The summed E-state index contributed by atoms with van der Waals surface area (Å²) in [6.07, 6.45) is 1.37. The van der Waals surface area contributed by atoms with E-state index in [0.717, 1.165) is 12.1 Å². The molecule has 0 aliphatic heterocycles. The first kappa shape index (κ1) is 14.6. The average molecular weight is 300 g/mol. The summed E-state index contributed by atoms with van der Waals surface area (Å²) in [5.41, 5.74) is -0.388. The van der Waals surface area contributed by atoms with Crippen molar-refractivity contribution in [1.29, 1.82) is 0 Å². The zero-order chi connectivity index (χ0) is 14.7. The zero-order valence-corrected chi connectivity index (χ0v) is 11.3. The molecular weight excluding hydrogens is 288 g/mol. The van der Waals surface area contributed by atoms with Crippen LogP contribution in [0.15, 0.2) is 30.6 Å². The number of aromatic nitrogens is 2. The molecule has 0 saturated carbocycles. The van der Waals surface area contributed by atoms with E-state index in [4.69, 9.17) is 11.6 Å². The molecule has 0 spiro atoms. The molecule has 2 rings (SSSR count). The zero-order valence-electron chi connectivity index (χ0n) is 10.5. The highest BCUT2D eigenvalue weighted by Gasteiger charge is 2.23. The number of aliphatic hydroxyl groups is 1. The molecule has 1 aromatic carbocycles. The maximum absolute atomic E-state index is 13.6. The maximum atomic E-state index is 13.6. The Balaban J connectivity index is 2.16. The third kappa shape index (κ3) is 3.20. The number of hydrogen-bond acceptors (Lipinski definition) is 4. The Morgan fingerprint density at radius 3 is 2.30 bits per heavy atom. The van der Waals surface area contributed by atoms with Gasteiger partial charge in [-0.15, -0.1) is 0 Å². The Morgan fingerprint density at radius 2 is 1.75 bits per heavy atom. The second kappa shape index (κ2) is 6.11. The summed E-state index contributed by atoms with van der Waals surface area (Å²) in [5.74, 6) is -1.40. The molecule has 0 bridgehead atoms. The second-order valence-electron chi connectivity index (χ2n) is 4.24. The predicted molar refractivity (Wildman–Crippen MR) is 71.4 cm³/mol. The Kier molecular flexibility index (Phi) is 4.46. The molecule has 106 valence electrons. The van der Waals surface area contributed by atoms with Crippen LogP contribution in [0.5, 0.6) is 0 Å². The molecule has 0 unspecified atom stereocenters. The SMILES string of the molecule is C[C@H](Nc1ncc(Cl)cn1)[C@@H](O)c1c(F)cccc1F. The van der Waals surface area contributed by atoms with Gasteiger partial charge in [0, 0.05) is 0 Å². The minimum Gasteiger partial charge on any atom is -0.386 e. The van der Waals surface area contributed by atoms with Crippen molar-refractivity contribution < 1.29 is 13.9 Å². The van der Waals surface area contributed by atoms with Gasteiger partial charge in [-0.05, 0) is 19.1 Å². The third-order valence-electron chi connectivity index (χ3n) is 2.75. The number of nitrogens with zero attached hydrogens (tertiary/aromatic N) is 2. The Morgan fingerprint density at radius 1 is 1.20 bits per heavy atom. The first-order chi connectivity index (χ1) is 9.49. The normalized spacial score (nSPS) is 13.8. The molecule has 4 nitrogen and oxygen atoms in total. The van der Waals surface area contributed by atoms with Gasteiger partial charge in [0.1, 0.15) is 17.7 Å². The van der Waals surface area contributed by atoms with Gasteiger partial charge >= 0.3 is 0 Å². The largest absolute Gasteiger partial charge is 0.386 e. The number of benzene rings is 1. The van der Waals surface area contributed by atoms with E-state index in [1.165, 1.54) is 18.5 Å². The second-order valence-corrected chi connectivity index (χ2v) is 4.67. The molecule has 2 atom stereocenters. The number of halogens is 3. The summed E-state index contributed by atoms with van der Waals surface area (Å²) >= 11 is 5.65. The number of nitrogens with one attached hydrogen (secondary N) is 1. The standard InChI is InChI=1S/C13H12ClF2N3O/c1-7(19-13-17-5-8(14)6-18-13)12(20)11-9(15)3-2-4-10(11)16/h2-7,12,20H,1H3,(H,17,18,19)/t7-,12+/m0/s1. The van der Waals surface area contributed by atoms with E-state index in [1.807, 2.05) is 0 Å². The third-order valence-corrected chi connectivity index (χ3v) is 2.94. The average Bonchev–Trinajstić information content (AvgIpc) is 2.41. The fourth-order valence-corrected chi connectivity index (χ4v) is 1.81. The van der Waals surface area contributed by atoms with Crippen LogP contribution in [0.2, 0.25) is 5.02 Å². The lowest BCUT2D eigenvalue weighted by Crippen LogP contribution is -2.26. The van der Waals surface area contributed by atoms with Gasteiger partial charge in [-0.25, -0.2) is 18.7 Å². The maximum Gasteiger partial charge on any atom is 0.222 e. The molecule has 1 aromatic heterocycles. The van der Waals surface area contributed by atoms with Crippen LogP contribution in [0.25, 0.3) is 0 Å². The molecule has 0 aliphatic rings. The highest BCUT2D eigenvalue weighted by molar-refractivity contribution is 6.30. The van der Waals surface area contributed by atoms with Crippen molar-refractivity contribution >= 4 is 17.5 Å². The van der Waals surface area contributed by atoms with E-state index in [2.05, 4.69) is 15.3 Å². The van der Waals surface area contributed by atoms with E-state index in [-0.39, 0.29) is 11.5 Å². The number of rotatable bonds is 4. The molecule has 0 fully saturated rings. The van der Waals surface area contributed by atoms with E-state index >= 15 is 0 Å².